The number of hydrogen-bond donors (Lipinski definition) is 1. The maximum absolute atomic E-state index is 10.7. The summed E-state index contributed by atoms with van der Waals surface area (Å²) in [4.78, 5) is 0. The molecule has 3 nitrogen and oxygen atoms in total. The van der Waals surface area contributed by atoms with Gasteiger partial charge < -0.3 is 14.6 Å². The minimum atomic E-state index is -0.804. The van der Waals surface area contributed by atoms with Gasteiger partial charge in [-0.1, -0.05) is 12.1 Å². The van der Waals surface area contributed by atoms with Crippen LogP contribution < -0.4 is 4.74 Å². The first-order chi connectivity index (χ1) is 8.08. The molecule has 0 amide bonds. The Morgan fingerprint density at radius 2 is 1.88 bits per heavy atom. The second-order valence-corrected chi connectivity index (χ2v) is 4.73. The number of ether oxygens (including phenoxy) is 2. The molecular weight excluding hydrogens is 216 g/mol. The molecule has 3 heteroatoms. The summed E-state index contributed by atoms with van der Waals surface area (Å²) in [6.45, 7) is 5.29. The molecule has 0 radical (unpaired) electrons. The van der Waals surface area contributed by atoms with Gasteiger partial charge in [0, 0.05) is 31.6 Å². The van der Waals surface area contributed by atoms with Crippen LogP contribution in [0.4, 0.5) is 0 Å². The molecule has 1 heterocycles. The van der Waals surface area contributed by atoms with Crippen molar-refractivity contribution in [3.63, 3.8) is 0 Å². The first-order valence-corrected chi connectivity index (χ1v) is 6.03. The summed E-state index contributed by atoms with van der Waals surface area (Å²) < 4.78 is 10.8. The Kier molecular flexibility index (Phi) is 3.40. The van der Waals surface area contributed by atoms with Gasteiger partial charge in [-0.25, -0.2) is 0 Å². The summed E-state index contributed by atoms with van der Waals surface area (Å²) in [5.74, 6) is 0.814. The van der Waals surface area contributed by atoms with Crippen LogP contribution in [0.1, 0.15) is 29.5 Å². The molecule has 94 valence electrons. The van der Waals surface area contributed by atoms with Gasteiger partial charge in [0.1, 0.15) is 5.75 Å². The van der Waals surface area contributed by atoms with Crippen molar-refractivity contribution in [3.05, 3.63) is 28.8 Å². The Labute approximate surface area is 102 Å². The summed E-state index contributed by atoms with van der Waals surface area (Å²) >= 11 is 0. The third-order valence-electron chi connectivity index (χ3n) is 3.70. The van der Waals surface area contributed by atoms with Gasteiger partial charge >= 0.3 is 0 Å². The van der Waals surface area contributed by atoms with E-state index in [-0.39, 0.29) is 0 Å². The monoisotopic (exact) mass is 236 g/mol. The summed E-state index contributed by atoms with van der Waals surface area (Å²) in [5.41, 5.74) is 2.37. The molecule has 2 rings (SSSR count). The van der Waals surface area contributed by atoms with Gasteiger partial charge in [-0.3, -0.25) is 0 Å². The predicted molar refractivity (Wildman–Crippen MR) is 66.4 cm³/mol. The fourth-order valence-electron chi connectivity index (χ4n) is 2.40. The van der Waals surface area contributed by atoms with E-state index < -0.39 is 5.60 Å². The van der Waals surface area contributed by atoms with Gasteiger partial charge in [-0.05, 0) is 25.0 Å². The van der Waals surface area contributed by atoms with Crippen LogP contribution in [0, 0.1) is 13.8 Å². The highest BCUT2D eigenvalue weighted by atomic mass is 16.5. The zero-order chi connectivity index (χ0) is 12.5. The predicted octanol–water partition coefficient (Wildman–Crippen LogP) is 2.31. The van der Waals surface area contributed by atoms with E-state index in [4.69, 9.17) is 9.47 Å². The third-order valence-corrected chi connectivity index (χ3v) is 3.70. The fourth-order valence-corrected chi connectivity index (χ4v) is 2.40. The maximum atomic E-state index is 10.7. The van der Waals surface area contributed by atoms with E-state index in [2.05, 4.69) is 6.92 Å². The van der Waals surface area contributed by atoms with Gasteiger partial charge in [-0.2, -0.15) is 0 Å². The van der Waals surface area contributed by atoms with Crippen molar-refractivity contribution >= 4 is 0 Å². The van der Waals surface area contributed by atoms with Crippen molar-refractivity contribution in [3.8, 4) is 5.75 Å². The summed E-state index contributed by atoms with van der Waals surface area (Å²) in [5, 5.41) is 10.7. The van der Waals surface area contributed by atoms with Gasteiger partial charge in [0.15, 0.2) is 0 Å². The molecule has 1 aliphatic heterocycles. The molecule has 0 aliphatic carbocycles. The van der Waals surface area contributed by atoms with E-state index in [9.17, 15) is 5.11 Å². The smallest absolute Gasteiger partial charge is 0.128 e. The Bertz CT molecular complexity index is 406. The van der Waals surface area contributed by atoms with Crippen LogP contribution in [0.25, 0.3) is 0 Å². The van der Waals surface area contributed by atoms with E-state index in [0.29, 0.717) is 26.1 Å². The molecule has 17 heavy (non-hydrogen) atoms. The van der Waals surface area contributed by atoms with Crippen LogP contribution in [0.5, 0.6) is 5.75 Å². The number of methoxy groups -OCH3 is 1. The largest absolute Gasteiger partial charge is 0.496 e. The highest BCUT2D eigenvalue weighted by Gasteiger charge is 2.34. The minimum absolute atomic E-state index is 0.604. The molecule has 0 atom stereocenters. The van der Waals surface area contributed by atoms with Crippen molar-refractivity contribution in [2.75, 3.05) is 20.3 Å². The van der Waals surface area contributed by atoms with Gasteiger partial charge in [0.2, 0.25) is 0 Å². The number of hydrogen-bond acceptors (Lipinski definition) is 3. The lowest BCUT2D eigenvalue weighted by Crippen LogP contribution is -2.34. The molecule has 0 unspecified atom stereocenters. The number of aliphatic hydroxyl groups is 1. The molecule has 1 aliphatic rings. The quantitative estimate of drug-likeness (QED) is 0.856. The molecule has 1 saturated heterocycles. The lowest BCUT2D eigenvalue weighted by atomic mass is 9.84. The lowest BCUT2D eigenvalue weighted by Gasteiger charge is -2.34. The zero-order valence-corrected chi connectivity index (χ0v) is 10.7. The Balaban J connectivity index is 2.47. The van der Waals surface area contributed by atoms with E-state index in [1.165, 1.54) is 5.56 Å². The van der Waals surface area contributed by atoms with Crippen LogP contribution in [0.2, 0.25) is 0 Å². The number of aryl methyl sites for hydroxylation is 1. The average Bonchev–Trinajstić information content (AvgIpc) is 2.33. The standard InChI is InChI=1S/C14H20O3/c1-10-4-5-12(13(16-3)11(10)2)14(15)6-8-17-9-7-14/h4-5,15H,6-9H2,1-3H3. The average molecular weight is 236 g/mol. The van der Waals surface area contributed by atoms with Crippen LogP contribution >= 0.6 is 0 Å². The molecule has 0 spiro atoms. The van der Waals surface area contributed by atoms with Gasteiger partial charge in [0.25, 0.3) is 0 Å². The maximum Gasteiger partial charge on any atom is 0.128 e. The number of benzene rings is 1. The summed E-state index contributed by atoms with van der Waals surface area (Å²) in [7, 11) is 1.66. The number of rotatable bonds is 2. The summed E-state index contributed by atoms with van der Waals surface area (Å²) in [6, 6.07) is 4.02. The SMILES string of the molecule is COc1c(C2(O)CCOCC2)ccc(C)c1C. The van der Waals surface area contributed by atoms with Crippen molar-refractivity contribution < 1.29 is 14.6 Å². The molecule has 0 saturated carbocycles. The molecule has 1 aromatic carbocycles. The van der Waals surface area contributed by atoms with E-state index in [1.807, 2.05) is 19.1 Å². The summed E-state index contributed by atoms with van der Waals surface area (Å²) in [6.07, 6.45) is 1.26. The van der Waals surface area contributed by atoms with Crippen molar-refractivity contribution in [2.24, 2.45) is 0 Å². The van der Waals surface area contributed by atoms with Crippen molar-refractivity contribution in [1.29, 1.82) is 0 Å². The van der Waals surface area contributed by atoms with Crippen LogP contribution in [-0.2, 0) is 10.3 Å². The normalized spacial score (nSPS) is 19.1. The highest BCUT2D eigenvalue weighted by Crippen LogP contribution is 2.39. The third kappa shape index (κ3) is 2.17. The first-order valence-electron chi connectivity index (χ1n) is 6.03. The highest BCUT2D eigenvalue weighted by molar-refractivity contribution is 5.48. The molecule has 1 fully saturated rings. The van der Waals surface area contributed by atoms with Crippen LogP contribution in [0.3, 0.4) is 0 Å². The second-order valence-electron chi connectivity index (χ2n) is 4.73. The van der Waals surface area contributed by atoms with E-state index >= 15 is 0 Å². The van der Waals surface area contributed by atoms with Crippen LogP contribution in [-0.4, -0.2) is 25.4 Å². The Morgan fingerprint density at radius 3 is 2.47 bits per heavy atom. The van der Waals surface area contributed by atoms with E-state index in [0.717, 1.165) is 16.9 Å². The molecular formula is C14H20O3. The van der Waals surface area contributed by atoms with Crippen molar-refractivity contribution in [1.82, 2.24) is 0 Å². The topological polar surface area (TPSA) is 38.7 Å². The Hall–Kier alpha value is -1.06. The molecule has 1 aromatic rings. The molecule has 0 aromatic heterocycles. The van der Waals surface area contributed by atoms with Gasteiger partial charge in [-0.15, -0.1) is 0 Å². The lowest BCUT2D eigenvalue weighted by molar-refractivity contribution is -0.0690. The molecule has 1 N–H and O–H groups in total. The molecule has 0 bridgehead atoms. The second kappa shape index (κ2) is 4.67. The fraction of sp³-hybridized carbons (Fsp3) is 0.571. The van der Waals surface area contributed by atoms with Crippen LogP contribution in [0.15, 0.2) is 12.1 Å². The van der Waals surface area contributed by atoms with Crippen molar-refractivity contribution in [2.45, 2.75) is 32.3 Å². The van der Waals surface area contributed by atoms with Gasteiger partial charge in [0.05, 0.1) is 12.7 Å². The van der Waals surface area contributed by atoms with E-state index in [1.54, 1.807) is 7.11 Å². The minimum Gasteiger partial charge on any atom is -0.496 e. The Morgan fingerprint density at radius 1 is 1.24 bits per heavy atom. The zero-order valence-electron chi connectivity index (χ0n) is 10.7. The first kappa shape index (κ1) is 12.4.